The monoisotopic (exact) mass is 252 g/mol. The highest BCUT2D eigenvalue weighted by Gasteiger charge is 2.20. The van der Waals surface area contributed by atoms with Gasteiger partial charge in [-0.2, -0.15) is 0 Å². The molecular formula is C14H28N4. The van der Waals surface area contributed by atoms with Gasteiger partial charge >= 0.3 is 0 Å². The highest BCUT2D eigenvalue weighted by atomic mass is 15.2. The number of nitrogens with zero attached hydrogens (tertiary/aromatic N) is 3. The summed E-state index contributed by atoms with van der Waals surface area (Å²) < 4.78 is 0. The molecule has 2 aliphatic heterocycles. The molecule has 0 aromatic heterocycles. The Morgan fingerprint density at radius 2 is 1.78 bits per heavy atom. The Morgan fingerprint density at radius 3 is 2.00 bits per heavy atom. The van der Waals surface area contributed by atoms with Crippen LogP contribution < -0.4 is 5.32 Å². The van der Waals surface area contributed by atoms with Crippen LogP contribution in [0.1, 0.15) is 41.5 Å². The van der Waals surface area contributed by atoms with Gasteiger partial charge in [0, 0.05) is 24.0 Å². The second kappa shape index (κ2) is 5.72. The van der Waals surface area contributed by atoms with Gasteiger partial charge in [0.2, 0.25) is 0 Å². The van der Waals surface area contributed by atoms with Gasteiger partial charge < -0.3 is 10.2 Å². The first kappa shape index (κ1) is 15.0. The van der Waals surface area contributed by atoms with Gasteiger partial charge in [-0.1, -0.05) is 20.8 Å². The molecule has 0 amide bonds. The van der Waals surface area contributed by atoms with Crippen molar-refractivity contribution in [3.05, 3.63) is 0 Å². The number of hydrogen-bond donors (Lipinski definition) is 1. The van der Waals surface area contributed by atoms with Crippen molar-refractivity contribution in [1.82, 2.24) is 10.2 Å². The zero-order valence-corrected chi connectivity index (χ0v) is 12.7. The molecule has 4 nitrogen and oxygen atoms in total. The van der Waals surface area contributed by atoms with Gasteiger partial charge in [-0.25, -0.2) is 0 Å². The van der Waals surface area contributed by atoms with Crippen LogP contribution in [0.4, 0.5) is 0 Å². The molecule has 2 rings (SSSR count). The topological polar surface area (TPSA) is 40.0 Å². The number of rotatable bonds is 0. The standard InChI is InChI=1S/2C7H14N2/c1-7(2,3)9-5-4-8-6-9;1-7(2,3)6-8-4-5-9-6/h6H,4-5H2,1-3H3;4-5H2,1-3H3,(H,8,9). The van der Waals surface area contributed by atoms with E-state index in [1.165, 1.54) is 0 Å². The van der Waals surface area contributed by atoms with E-state index in [2.05, 4.69) is 61.7 Å². The largest absolute Gasteiger partial charge is 0.372 e. The van der Waals surface area contributed by atoms with Crippen molar-refractivity contribution in [2.24, 2.45) is 15.4 Å². The molecule has 0 saturated carbocycles. The maximum Gasteiger partial charge on any atom is 0.102 e. The van der Waals surface area contributed by atoms with E-state index in [0.717, 1.165) is 32.0 Å². The summed E-state index contributed by atoms with van der Waals surface area (Å²) in [5, 5.41) is 3.25. The smallest absolute Gasteiger partial charge is 0.102 e. The van der Waals surface area contributed by atoms with E-state index in [4.69, 9.17) is 0 Å². The van der Waals surface area contributed by atoms with E-state index < -0.39 is 0 Å². The van der Waals surface area contributed by atoms with Crippen molar-refractivity contribution in [3.8, 4) is 0 Å². The van der Waals surface area contributed by atoms with Crippen LogP contribution in [0.25, 0.3) is 0 Å². The summed E-state index contributed by atoms with van der Waals surface area (Å²) in [5.41, 5.74) is 0.483. The van der Waals surface area contributed by atoms with Crippen LogP contribution in [0.2, 0.25) is 0 Å². The minimum Gasteiger partial charge on any atom is -0.372 e. The van der Waals surface area contributed by atoms with E-state index in [0.29, 0.717) is 0 Å². The van der Waals surface area contributed by atoms with E-state index in [1.54, 1.807) is 0 Å². The summed E-state index contributed by atoms with van der Waals surface area (Å²) in [7, 11) is 0. The maximum absolute atomic E-state index is 4.31. The lowest BCUT2D eigenvalue weighted by Crippen LogP contribution is -2.38. The lowest BCUT2D eigenvalue weighted by Gasteiger charge is -2.30. The van der Waals surface area contributed by atoms with Crippen LogP contribution in [0.3, 0.4) is 0 Å². The van der Waals surface area contributed by atoms with Crippen molar-refractivity contribution in [1.29, 1.82) is 0 Å². The highest BCUT2D eigenvalue weighted by molar-refractivity contribution is 5.88. The molecule has 0 bridgehead atoms. The van der Waals surface area contributed by atoms with Gasteiger partial charge in [-0.3, -0.25) is 9.98 Å². The molecule has 2 heterocycles. The molecule has 0 radical (unpaired) electrons. The summed E-state index contributed by atoms with van der Waals surface area (Å²) in [6, 6.07) is 0. The van der Waals surface area contributed by atoms with Crippen LogP contribution in [-0.2, 0) is 0 Å². The third kappa shape index (κ3) is 4.67. The lowest BCUT2D eigenvalue weighted by molar-refractivity contribution is 0.264. The molecule has 0 unspecified atom stereocenters. The van der Waals surface area contributed by atoms with Crippen LogP contribution in [0.5, 0.6) is 0 Å². The molecule has 2 aliphatic rings. The summed E-state index contributed by atoms with van der Waals surface area (Å²) >= 11 is 0. The Labute approximate surface area is 112 Å². The van der Waals surface area contributed by atoms with Crippen LogP contribution in [-0.4, -0.2) is 48.8 Å². The lowest BCUT2D eigenvalue weighted by atomic mass is 9.95. The molecule has 104 valence electrons. The second-order valence-electron chi connectivity index (χ2n) is 6.79. The summed E-state index contributed by atoms with van der Waals surface area (Å²) in [6.45, 7) is 17.1. The zero-order valence-electron chi connectivity index (χ0n) is 12.7. The summed E-state index contributed by atoms with van der Waals surface area (Å²) in [4.78, 5) is 10.7. The first-order chi connectivity index (χ1) is 8.21. The number of nitrogens with one attached hydrogen (secondary N) is 1. The molecule has 0 aromatic carbocycles. The predicted octanol–water partition coefficient (Wildman–Crippen LogP) is 2.16. The summed E-state index contributed by atoms with van der Waals surface area (Å²) in [6.07, 6.45) is 1.94. The summed E-state index contributed by atoms with van der Waals surface area (Å²) in [5.74, 6) is 1.16. The van der Waals surface area contributed by atoms with Gasteiger partial charge in [-0.15, -0.1) is 0 Å². The molecule has 1 N–H and O–H groups in total. The van der Waals surface area contributed by atoms with E-state index in [1.807, 2.05) is 6.34 Å². The molecular weight excluding hydrogens is 224 g/mol. The molecule has 0 atom stereocenters. The third-order valence-electron chi connectivity index (χ3n) is 2.94. The number of aliphatic imine (C=N–C) groups is 2. The average Bonchev–Trinajstić information content (AvgIpc) is 2.91. The predicted molar refractivity (Wildman–Crippen MR) is 79.6 cm³/mol. The molecule has 18 heavy (non-hydrogen) atoms. The average molecular weight is 252 g/mol. The van der Waals surface area contributed by atoms with E-state index in [-0.39, 0.29) is 11.0 Å². The van der Waals surface area contributed by atoms with E-state index in [9.17, 15) is 0 Å². The van der Waals surface area contributed by atoms with Gasteiger partial charge in [0.1, 0.15) is 5.84 Å². The molecule has 0 aromatic rings. The van der Waals surface area contributed by atoms with Crippen LogP contribution in [0, 0.1) is 5.41 Å². The second-order valence-corrected chi connectivity index (χ2v) is 6.79. The Morgan fingerprint density at radius 1 is 1.11 bits per heavy atom. The van der Waals surface area contributed by atoms with Crippen molar-refractivity contribution in [2.75, 3.05) is 26.2 Å². The molecule has 0 spiro atoms. The number of hydrogen-bond acceptors (Lipinski definition) is 4. The Kier molecular flexibility index (Phi) is 4.77. The van der Waals surface area contributed by atoms with E-state index >= 15 is 0 Å². The first-order valence-corrected chi connectivity index (χ1v) is 6.77. The first-order valence-electron chi connectivity index (χ1n) is 6.77. The van der Waals surface area contributed by atoms with Gasteiger partial charge in [-0.05, 0) is 20.8 Å². The zero-order chi connectivity index (χ0) is 13.8. The van der Waals surface area contributed by atoms with Gasteiger partial charge in [0.25, 0.3) is 0 Å². The molecule has 0 fully saturated rings. The SMILES string of the molecule is CC(C)(C)C1=NCCN1.CC(C)(C)N1C=NCC1. The Balaban J connectivity index is 0.000000180. The molecule has 0 aliphatic carbocycles. The van der Waals surface area contributed by atoms with Gasteiger partial charge in [0.15, 0.2) is 0 Å². The van der Waals surface area contributed by atoms with Crippen LogP contribution >= 0.6 is 0 Å². The fourth-order valence-corrected chi connectivity index (χ4v) is 1.79. The van der Waals surface area contributed by atoms with Crippen molar-refractivity contribution < 1.29 is 0 Å². The third-order valence-corrected chi connectivity index (χ3v) is 2.94. The minimum atomic E-state index is 0.219. The Hall–Kier alpha value is -1.06. The quantitative estimate of drug-likeness (QED) is 0.717. The molecule has 4 heteroatoms. The Bertz CT molecular complexity index is 318. The van der Waals surface area contributed by atoms with Crippen molar-refractivity contribution >= 4 is 12.2 Å². The fraction of sp³-hybridized carbons (Fsp3) is 0.857. The van der Waals surface area contributed by atoms with Gasteiger partial charge in [0.05, 0.1) is 19.4 Å². The number of amidine groups is 1. The maximum atomic E-state index is 4.31. The van der Waals surface area contributed by atoms with Crippen molar-refractivity contribution in [3.63, 3.8) is 0 Å². The normalized spacial score (nSPS) is 19.2. The minimum absolute atomic E-state index is 0.219. The van der Waals surface area contributed by atoms with Crippen LogP contribution in [0.15, 0.2) is 9.98 Å². The molecule has 0 saturated heterocycles. The van der Waals surface area contributed by atoms with Crippen molar-refractivity contribution in [2.45, 2.75) is 47.1 Å². The highest BCUT2D eigenvalue weighted by Crippen LogP contribution is 2.15. The fourth-order valence-electron chi connectivity index (χ4n) is 1.79.